The van der Waals surface area contributed by atoms with E-state index in [1.54, 1.807) is 27.2 Å². The highest BCUT2D eigenvalue weighted by molar-refractivity contribution is 5.96. The largest absolute Gasteiger partial charge is 0.498 e. The van der Waals surface area contributed by atoms with Gasteiger partial charge in [-0.15, -0.1) is 6.58 Å². The van der Waals surface area contributed by atoms with E-state index in [2.05, 4.69) is 13.5 Å². The van der Waals surface area contributed by atoms with E-state index in [0.29, 0.717) is 23.7 Å². The first-order chi connectivity index (χ1) is 12.8. The molecule has 1 saturated carbocycles. The van der Waals surface area contributed by atoms with Crippen LogP contribution in [0.2, 0.25) is 0 Å². The number of rotatable bonds is 6. The maximum absolute atomic E-state index is 13.5. The van der Waals surface area contributed by atoms with Crippen molar-refractivity contribution < 1.29 is 24.1 Å². The third kappa shape index (κ3) is 2.59. The van der Waals surface area contributed by atoms with Crippen LogP contribution in [0, 0.1) is 17.3 Å². The van der Waals surface area contributed by atoms with Crippen LogP contribution in [0.25, 0.3) is 0 Å². The summed E-state index contributed by atoms with van der Waals surface area (Å²) in [5, 5.41) is 11.3. The van der Waals surface area contributed by atoms with E-state index in [4.69, 9.17) is 14.2 Å². The van der Waals surface area contributed by atoms with E-state index >= 15 is 0 Å². The van der Waals surface area contributed by atoms with Crippen LogP contribution in [-0.4, -0.2) is 37.8 Å². The van der Waals surface area contributed by atoms with Crippen molar-refractivity contribution in [1.29, 1.82) is 0 Å². The highest BCUT2D eigenvalue weighted by Gasteiger charge is 2.66. The standard InChI is InChI=1S/C22H28O5/c1-7-10-22-12-17(27-6)21(3,24)19(20(22)23)18(13(22)2)14-8-9-15(25-4)16(11-14)26-5/h7-9,11-13,18-19,24H,1,10H2,2-6H3/t13-,18-,19+,21-,22-/m0/s1. The Hall–Kier alpha value is -2.27. The van der Waals surface area contributed by atoms with E-state index in [9.17, 15) is 9.90 Å². The lowest BCUT2D eigenvalue weighted by molar-refractivity contribution is -0.137. The van der Waals surface area contributed by atoms with Crippen molar-refractivity contribution >= 4 is 5.78 Å². The fraction of sp³-hybridized carbons (Fsp3) is 0.500. The first-order valence-corrected chi connectivity index (χ1v) is 9.15. The maximum Gasteiger partial charge on any atom is 0.160 e. The Labute approximate surface area is 160 Å². The van der Waals surface area contributed by atoms with Crippen molar-refractivity contribution in [3.8, 4) is 11.5 Å². The molecule has 27 heavy (non-hydrogen) atoms. The predicted octanol–water partition coefficient (Wildman–Crippen LogP) is 3.48. The molecule has 0 radical (unpaired) electrons. The first kappa shape index (κ1) is 19.5. The minimum absolute atomic E-state index is 0.0368. The Morgan fingerprint density at radius 2 is 1.85 bits per heavy atom. The third-order valence-electron chi connectivity index (χ3n) is 6.44. The Morgan fingerprint density at radius 1 is 1.19 bits per heavy atom. The summed E-state index contributed by atoms with van der Waals surface area (Å²) in [5.41, 5.74) is -1.16. The van der Waals surface area contributed by atoms with E-state index in [1.165, 1.54) is 7.11 Å². The third-order valence-corrected chi connectivity index (χ3v) is 6.44. The van der Waals surface area contributed by atoms with Crippen LogP contribution in [0.5, 0.6) is 11.5 Å². The number of Topliss-reactive ketones (excluding diaryl/α,β-unsaturated/α-hetero) is 1. The van der Waals surface area contributed by atoms with Crippen LogP contribution < -0.4 is 9.47 Å². The fourth-order valence-electron chi connectivity index (χ4n) is 5.02. The summed E-state index contributed by atoms with van der Waals surface area (Å²) in [7, 11) is 4.71. The molecule has 5 heteroatoms. The highest BCUT2D eigenvalue weighted by Crippen LogP contribution is 2.62. The van der Waals surface area contributed by atoms with Crippen LogP contribution in [0.3, 0.4) is 0 Å². The van der Waals surface area contributed by atoms with Crippen molar-refractivity contribution in [2.75, 3.05) is 21.3 Å². The molecule has 2 aliphatic rings. The number of benzene rings is 1. The van der Waals surface area contributed by atoms with Crippen LogP contribution in [0.4, 0.5) is 0 Å². The van der Waals surface area contributed by atoms with Crippen LogP contribution in [-0.2, 0) is 9.53 Å². The molecule has 146 valence electrons. The lowest BCUT2D eigenvalue weighted by Crippen LogP contribution is -2.48. The van der Waals surface area contributed by atoms with E-state index in [-0.39, 0.29) is 17.6 Å². The van der Waals surface area contributed by atoms with Gasteiger partial charge in [-0.05, 0) is 43.0 Å². The fourth-order valence-corrected chi connectivity index (χ4v) is 5.02. The minimum Gasteiger partial charge on any atom is -0.498 e. The number of ketones is 1. The second-order valence-corrected chi connectivity index (χ2v) is 7.66. The second kappa shape index (κ2) is 6.71. The molecule has 0 heterocycles. The zero-order valence-electron chi connectivity index (χ0n) is 16.6. The number of fused-ring (bicyclic) bond motifs is 2. The summed E-state index contributed by atoms with van der Waals surface area (Å²) in [6.07, 6.45) is 4.10. The van der Waals surface area contributed by atoms with Gasteiger partial charge in [-0.2, -0.15) is 0 Å². The van der Waals surface area contributed by atoms with Crippen molar-refractivity contribution in [1.82, 2.24) is 0 Å². The smallest absolute Gasteiger partial charge is 0.160 e. The highest BCUT2D eigenvalue weighted by atomic mass is 16.5. The van der Waals surface area contributed by atoms with Gasteiger partial charge in [0.05, 0.1) is 32.7 Å². The lowest BCUT2D eigenvalue weighted by Gasteiger charge is -2.39. The topological polar surface area (TPSA) is 65.0 Å². The zero-order chi connectivity index (χ0) is 20.0. The summed E-state index contributed by atoms with van der Waals surface area (Å²) >= 11 is 0. The van der Waals surface area contributed by atoms with Crippen LogP contribution >= 0.6 is 0 Å². The van der Waals surface area contributed by atoms with E-state index in [1.807, 2.05) is 24.3 Å². The van der Waals surface area contributed by atoms with Gasteiger partial charge < -0.3 is 19.3 Å². The van der Waals surface area contributed by atoms with Crippen molar-refractivity contribution in [2.24, 2.45) is 17.3 Å². The van der Waals surface area contributed by atoms with Gasteiger partial charge in [0.1, 0.15) is 11.4 Å². The molecule has 3 rings (SSSR count). The number of hydrogen-bond donors (Lipinski definition) is 1. The normalized spacial score (nSPS) is 34.8. The van der Waals surface area contributed by atoms with Crippen molar-refractivity contribution in [3.63, 3.8) is 0 Å². The molecule has 2 bridgehead atoms. The number of aliphatic hydroxyl groups is 1. The molecule has 1 aromatic carbocycles. The molecule has 1 fully saturated rings. The molecule has 1 N–H and O–H groups in total. The van der Waals surface area contributed by atoms with Gasteiger partial charge in [-0.1, -0.05) is 19.1 Å². The number of carbonyl (C=O) groups is 1. The Kier molecular flexibility index (Phi) is 4.85. The Bertz CT molecular complexity index is 794. The molecule has 0 spiro atoms. The number of carbonyl (C=O) groups excluding carboxylic acids is 1. The lowest BCUT2D eigenvalue weighted by atomic mass is 9.69. The second-order valence-electron chi connectivity index (χ2n) is 7.66. The summed E-state index contributed by atoms with van der Waals surface area (Å²) in [5.74, 6) is 0.897. The van der Waals surface area contributed by atoms with Gasteiger partial charge in [0.2, 0.25) is 0 Å². The quantitative estimate of drug-likeness (QED) is 0.775. The molecule has 0 unspecified atom stereocenters. The maximum atomic E-state index is 13.5. The molecule has 1 aromatic rings. The molecule has 5 atom stereocenters. The molecule has 5 nitrogen and oxygen atoms in total. The van der Waals surface area contributed by atoms with Gasteiger partial charge in [-0.3, -0.25) is 4.79 Å². The van der Waals surface area contributed by atoms with E-state index in [0.717, 1.165) is 5.56 Å². The minimum atomic E-state index is -1.38. The Morgan fingerprint density at radius 3 is 2.41 bits per heavy atom. The molecule has 0 aromatic heterocycles. The molecule has 0 aliphatic heterocycles. The predicted molar refractivity (Wildman–Crippen MR) is 103 cm³/mol. The van der Waals surface area contributed by atoms with E-state index < -0.39 is 16.9 Å². The van der Waals surface area contributed by atoms with Gasteiger partial charge in [0.25, 0.3) is 0 Å². The number of hydrogen-bond acceptors (Lipinski definition) is 5. The first-order valence-electron chi connectivity index (χ1n) is 9.15. The number of allylic oxidation sites excluding steroid dienone is 2. The van der Waals surface area contributed by atoms with Crippen LogP contribution in [0.1, 0.15) is 31.7 Å². The number of ether oxygens (including phenoxy) is 3. The molecular weight excluding hydrogens is 344 g/mol. The summed E-state index contributed by atoms with van der Waals surface area (Å²) in [4.78, 5) is 13.5. The SMILES string of the molecule is C=CC[C@@]12C=C(OC)[C@](C)(O)[C@@H](C1=O)[C@H](c1ccc(OC)c(OC)c1)[C@@H]2C. The van der Waals surface area contributed by atoms with Crippen LogP contribution in [0.15, 0.2) is 42.7 Å². The zero-order valence-corrected chi connectivity index (χ0v) is 16.6. The Balaban J connectivity index is 2.19. The summed E-state index contributed by atoms with van der Waals surface area (Å²) < 4.78 is 16.3. The molecular formula is C22H28O5. The van der Waals surface area contributed by atoms with Gasteiger partial charge in [0, 0.05) is 5.92 Å². The van der Waals surface area contributed by atoms with Gasteiger partial charge in [-0.25, -0.2) is 0 Å². The molecule has 2 aliphatic carbocycles. The van der Waals surface area contributed by atoms with Gasteiger partial charge >= 0.3 is 0 Å². The van der Waals surface area contributed by atoms with Gasteiger partial charge in [0.15, 0.2) is 17.3 Å². The number of methoxy groups -OCH3 is 3. The molecule has 0 saturated heterocycles. The average molecular weight is 372 g/mol. The monoisotopic (exact) mass is 372 g/mol. The van der Waals surface area contributed by atoms with Crippen molar-refractivity contribution in [3.05, 3.63) is 48.3 Å². The summed E-state index contributed by atoms with van der Waals surface area (Å²) in [6.45, 7) is 7.57. The van der Waals surface area contributed by atoms with Crippen molar-refractivity contribution in [2.45, 2.75) is 31.8 Å². The molecule has 0 amide bonds. The average Bonchev–Trinajstić information content (AvgIpc) is 2.83. The summed E-state index contributed by atoms with van der Waals surface area (Å²) in [6, 6.07) is 5.69.